The molecule has 0 saturated carbocycles. The van der Waals surface area contributed by atoms with Crippen molar-refractivity contribution < 1.29 is 27.9 Å². The van der Waals surface area contributed by atoms with Gasteiger partial charge in [0.05, 0.1) is 11.1 Å². The lowest BCUT2D eigenvalue weighted by Gasteiger charge is -2.35. The summed E-state index contributed by atoms with van der Waals surface area (Å²) in [5, 5.41) is 25.5. The Kier molecular flexibility index (Phi) is 6.08. The van der Waals surface area contributed by atoms with Gasteiger partial charge in [0.25, 0.3) is 22.8 Å². The van der Waals surface area contributed by atoms with Crippen LogP contribution in [0.3, 0.4) is 0 Å². The van der Waals surface area contributed by atoms with Crippen LogP contribution < -0.4 is 9.46 Å². The molecule has 2 amide bonds. The van der Waals surface area contributed by atoms with E-state index in [0.717, 1.165) is 9.46 Å². The summed E-state index contributed by atoms with van der Waals surface area (Å²) in [5.74, 6) is -0.143. The van der Waals surface area contributed by atoms with Gasteiger partial charge in [-0.3, -0.25) is 9.59 Å². The second-order valence-corrected chi connectivity index (χ2v) is 10.1. The van der Waals surface area contributed by atoms with Gasteiger partial charge in [-0.05, 0) is 48.5 Å². The van der Waals surface area contributed by atoms with Gasteiger partial charge in [-0.15, -0.1) is 9.46 Å². The van der Waals surface area contributed by atoms with Gasteiger partial charge >= 0.3 is 11.8 Å². The molecule has 0 spiro atoms. The largest absolute Gasteiger partial charge is 0.615 e. The highest BCUT2D eigenvalue weighted by Gasteiger charge is 2.28. The minimum atomic E-state index is -0.190. The molecule has 1 fully saturated rings. The molecular formula is C32H24N4O6. The fourth-order valence-corrected chi connectivity index (χ4v) is 5.33. The average molecular weight is 561 g/mol. The minimum absolute atomic E-state index is 0.119. The third-order valence-corrected chi connectivity index (χ3v) is 7.52. The van der Waals surface area contributed by atoms with Crippen molar-refractivity contribution in [1.82, 2.24) is 9.80 Å². The van der Waals surface area contributed by atoms with Crippen LogP contribution in [0.15, 0.2) is 106 Å². The number of rotatable bonds is 4. The molecule has 2 aromatic heterocycles. The van der Waals surface area contributed by atoms with Crippen molar-refractivity contribution in [3.05, 3.63) is 119 Å². The van der Waals surface area contributed by atoms with Crippen LogP contribution in [0.2, 0.25) is 0 Å². The number of aromatic nitrogens is 2. The first-order chi connectivity index (χ1) is 20.5. The number of piperazine rings is 1. The Morgan fingerprint density at radius 2 is 0.976 bits per heavy atom. The van der Waals surface area contributed by atoms with Gasteiger partial charge < -0.3 is 29.0 Å². The third kappa shape index (κ3) is 4.29. The highest BCUT2D eigenvalue weighted by Crippen LogP contribution is 2.25. The zero-order valence-electron chi connectivity index (χ0n) is 22.3. The zero-order chi connectivity index (χ0) is 28.8. The van der Waals surface area contributed by atoms with Crippen LogP contribution in [0, 0.1) is 10.4 Å². The van der Waals surface area contributed by atoms with E-state index in [9.17, 15) is 20.0 Å². The van der Waals surface area contributed by atoms with Crippen LogP contribution in [0.5, 0.6) is 0 Å². The van der Waals surface area contributed by atoms with E-state index in [1.807, 2.05) is 0 Å². The number of carbonyl (C=O) groups is 2. The summed E-state index contributed by atoms with van der Waals surface area (Å²) in [7, 11) is 0. The van der Waals surface area contributed by atoms with E-state index in [1.54, 1.807) is 107 Å². The van der Waals surface area contributed by atoms with Crippen molar-refractivity contribution in [3.8, 4) is 22.9 Å². The minimum Gasteiger partial charge on any atom is -0.615 e. The fourth-order valence-electron chi connectivity index (χ4n) is 5.33. The van der Waals surface area contributed by atoms with Crippen molar-refractivity contribution in [1.29, 1.82) is 0 Å². The second kappa shape index (κ2) is 10.1. The molecule has 6 aromatic rings. The monoisotopic (exact) mass is 560 g/mol. The van der Waals surface area contributed by atoms with E-state index < -0.39 is 0 Å². The zero-order valence-corrected chi connectivity index (χ0v) is 22.3. The van der Waals surface area contributed by atoms with Crippen LogP contribution in [0.1, 0.15) is 20.7 Å². The Bertz CT molecular complexity index is 1840. The predicted molar refractivity (Wildman–Crippen MR) is 153 cm³/mol. The standard InChI is InChI=1S/C32H24N4O6/c37-29(21-7-5-9-23(19-21)31-35(39)25-11-1-3-13-27(25)41-31)33-15-17-34(18-16-33)30(38)22-8-6-10-24(20-22)32-36(40)26-12-2-4-14-28(26)42-32/h1-14,19-20H,15-18H2. The van der Waals surface area contributed by atoms with E-state index in [1.165, 1.54) is 0 Å². The van der Waals surface area contributed by atoms with Crippen molar-refractivity contribution in [3.63, 3.8) is 0 Å². The molecule has 0 atom stereocenters. The maximum absolute atomic E-state index is 13.4. The lowest BCUT2D eigenvalue weighted by Crippen LogP contribution is -2.50. The molecule has 208 valence electrons. The Labute approximate surface area is 239 Å². The smallest absolute Gasteiger partial charge is 0.393 e. The number of benzene rings is 4. The van der Waals surface area contributed by atoms with Gasteiger partial charge in [0.2, 0.25) is 11.2 Å². The van der Waals surface area contributed by atoms with Crippen molar-refractivity contribution in [2.45, 2.75) is 0 Å². The first-order valence-corrected chi connectivity index (χ1v) is 13.5. The summed E-state index contributed by atoms with van der Waals surface area (Å²) in [4.78, 5) is 30.1. The summed E-state index contributed by atoms with van der Waals surface area (Å²) >= 11 is 0. The van der Waals surface area contributed by atoms with Gasteiger partial charge in [-0.2, -0.15) is 0 Å². The first-order valence-electron chi connectivity index (χ1n) is 13.5. The molecular weight excluding hydrogens is 536 g/mol. The topological polar surface area (TPSA) is 121 Å². The fraction of sp³-hybridized carbons (Fsp3) is 0.125. The van der Waals surface area contributed by atoms with Crippen LogP contribution in [0.25, 0.3) is 45.1 Å². The molecule has 10 nitrogen and oxygen atoms in total. The summed E-state index contributed by atoms with van der Waals surface area (Å²) in [6.07, 6.45) is 0. The van der Waals surface area contributed by atoms with Gasteiger partial charge in [-0.25, -0.2) is 0 Å². The third-order valence-electron chi connectivity index (χ3n) is 7.52. The average Bonchev–Trinajstić information content (AvgIpc) is 3.57. The molecule has 0 radical (unpaired) electrons. The number of hydrogen-bond donors (Lipinski definition) is 0. The number of nitrogens with zero attached hydrogens (tertiary/aromatic N) is 4. The van der Waals surface area contributed by atoms with Crippen LogP contribution in [-0.4, -0.2) is 47.8 Å². The van der Waals surface area contributed by atoms with Gasteiger partial charge in [-0.1, -0.05) is 36.4 Å². The molecule has 3 heterocycles. The van der Waals surface area contributed by atoms with E-state index >= 15 is 0 Å². The number of amides is 2. The lowest BCUT2D eigenvalue weighted by molar-refractivity contribution is -0.570. The molecule has 42 heavy (non-hydrogen) atoms. The van der Waals surface area contributed by atoms with Crippen molar-refractivity contribution in [2.24, 2.45) is 0 Å². The van der Waals surface area contributed by atoms with Crippen molar-refractivity contribution in [2.75, 3.05) is 26.2 Å². The lowest BCUT2D eigenvalue weighted by atomic mass is 10.1. The van der Waals surface area contributed by atoms with E-state index in [0.29, 0.717) is 70.6 Å². The van der Waals surface area contributed by atoms with E-state index in [4.69, 9.17) is 8.83 Å². The van der Waals surface area contributed by atoms with Crippen LogP contribution in [0.4, 0.5) is 0 Å². The summed E-state index contributed by atoms with van der Waals surface area (Å²) in [6, 6.07) is 27.5. The van der Waals surface area contributed by atoms with E-state index in [-0.39, 0.29) is 23.6 Å². The second-order valence-electron chi connectivity index (χ2n) is 10.1. The highest BCUT2D eigenvalue weighted by atomic mass is 16.5. The summed E-state index contributed by atoms with van der Waals surface area (Å²) < 4.78 is 13.0. The number of hydrogen-bond acceptors (Lipinski definition) is 6. The van der Waals surface area contributed by atoms with Gasteiger partial charge in [0, 0.05) is 49.4 Å². The molecule has 10 heteroatoms. The van der Waals surface area contributed by atoms with Crippen LogP contribution in [-0.2, 0) is 0 Å². The van der Waals surface area contributed by atoms with Crippen molar-refractivity contribution >= 4 is 34.0 Å². The molecule has 0 bridgehead atoms. The van der Waals surface area contributed by atoms with Gasteiger partial charge in [0.15, 0.2) is 0 Å². The molecule has 0 N–H and O–H groups in total. The Morgan fingerprint density at radius 1 is 0.571 bits per heavy atom. The molecule has 1 aliphatic heterocycles. The summed E-state index contributed by atoms with van der Waals surface area (Å²) in [6.45, 7) is 1.41. The maximum atomic E-state index is 13.4. The number of para-hydroxylation sites is 4. The maximum Gasteiger partial charge on any atom is 0.393 e. The molecule has 7 rings (SSSR count). The van der Waals surface area contributed by atoms with Gasteiger partial charge in [0.1, 0.15) is 0 Å². The Hall–Kier alpha value is -5.64. The first kappa shape index (κ1) is 25.3. The van der Waals surface area contributed by atoms with E-state index in [2.05, 4.69) is 0 Å². The molecule has 4 aromatic carbocycles. The number of carbonyl (C=O) groups excluding carboxylic acids is 2. The molecule has 1 aliphatic rings. The SMILES string of the molecule is O=C(c1cccc(-c2oc3ccccc3[n+]2[O-])c1)N1CCN(C(=O)c2cccc(-c3oc4ccccc4[n+]3[O-])c2)CC1. The van der Waals surface area contributed by atoms with Crippen LogP contribution >= 0.6 is 0 Å². The number of oxazole rings is 2. The normalized spacial score (nSPS) is 13.6. The molecule has 0 unspecified atom stereocenters. The molecule has 1 saturated heterocycles. The Morgan fingerprint density at radius 3 is 1.38 bits per heavy atom. The molecule has 0 aliphatic carbocycles. The quantitative estimate of drug-likeness (QED) is 0.233. The summed E-state index contributed by atoms with van der Waals surface area (Å²) in [5.41, 5.74) is 3.63. The Balaban J connectivity index is 1.05. The predicted octanol–water partition coefficient (Wildman–Crippen LogP) is 4.38. The number of fused-ring (bicyclic) bond motifs is 2. The highest BCUT2D eigenvalue weighted by molar-refractivity contribution is 5.97.